The van der Waals surface area contributed by atoms with Crippen LogP contribution in [-0.4, -0.2) is 28.8 Å². The minimum atomic E-state index is -0.479. The average Bonchev–Trinajstić information content (AvgIpc) is 3.01. The second kappa shape index (κ2) is 6.54. The summed E-state index contributed by atoms with van der Waals surface area (Å²) in [6, 6.07) is 0.103. The van der Waals surface area contributed by atoms with Crippen molar-refractivity contribution in [1.29, 1.82) is 0 Å². The minimum absolute atomic E-state index is 0.103. The topological polar surface area (TPSA) is 63.2 Å². The van der Waals surface area contributed by atoms with Gasteiger partial charge in [-0.1, -0.05) is 6.92 Å². The van der Waals surface area contributed by atoms with Crippen molar-refractivity contribution in [1.82, 2.24) is 15.6 Å². The molecule has 1 heterocycles. The molecule has 1 aliphatic carbocycles. The lowest BCUT2D eigenvalue weighted by Crippen LogP contribution is -2.48. The summed E-state index contributed by atoms with van der Waals surface area (Å²) in [5, 5.41) is 7.71. The van der Waals surface area contributed by atoms with Crippen molar-refractivity contribution in [2.45, 2.75) is 71.1 Å². The van der Waals surface area contributed by atoms with E-state index in [2.05, 4.69) is 22.5 Å². The van der Waals surface area contributed by atoms with Crippen LogP contribution in [0.5, 0.6) is 0 Å². The van der Waals surface area contributed by atoms with Crippen LogP contribution in [0.2, 0.25) is 0 Å². The lowest BCUT2D eigenvalue weighted by atomic mass is 10.0. The highest BCUT2D eigenvalue weighted by Crippen LogP contribution is 2.47. The molecule has 1 fully saturated rings. The first-order chi connectivity index (χ1) is 10.3. The molecule has 2 N–H and O–H groups in total. The number of ether oxygens (including phenoxy) is 1. The van der Waals surface area contributed by atoms with Gasteiger partial charge in [0.2, 0.25) is 0 Å². The lowest BCUT2D eigenvalue weighted by Gasteiger charge is -2.29. The highest BCUT2D eigenvalue weighted by atomic mass is 32.1. The van der Waals surface area contributed by atoms with Gasteiger partial charge in [0.25, 0.3) is 0 Å². The summed E-state index contributed by atoms with van der Waals surface area (Å²) in [6.45, 7) is 10.7. The summed E-state index contributed by atoms with van der Waals surface area (Å²) in [5.41, 5.74) is -0.718. The minimum Gasteiger partial charge on any atom is -0.444 e. The SMILES string of the molecule is CCCNC(c1cnc(C)s1)C1(NC(=O)OC(C)(C)C)CC1. The first-order valence-electron chi connectivity index (χ1n) is 7.92. The zero-order chi connectivity index (χ0) is 16.4. The van der Waals surface area contributed by atoms with Crippen LogP contribution in [0.3, 0.4) is 0 Å². The molecule has 5 nitrogen and oxygen atoms in total. The third-order valence-corrected chi connectivity index (χ3v) is 4.59. The summed E-state index contributed by atoms with van der Waals surface area (Å²) in [4.78, 5) is 17.7. The predicted octanol–water partition coefficient (Wildman–Crippen LogP) is 3.55. The zero-order valence-corrected chi connectivity index (χ0v) is 15.0. The Morgan fingerprint density at radius 1 is 1.50 bits per heavy atom. The van der Waals surface area contributed by atoms with Gasteiger partial charge in [0.1, 0.15) is 5.60 Å². The molecule has 124 valence electrons. The van der Waals surface area contributed by atoms with E-state index in [1.54, 1.807) is 11.3 Å². The molecule has 1 saturated carbocycles. The van der Waals surface area contributed by atoms with Crippen LogP contribution in [0, 0.1) is 6.92 Å². The summed E-state index contributed by atoms with van der Waals surface area (Å²) < 4.78 is 5.42. The number of carbonyl (C=O) groups excluding carboxylic acids is 1. The quantitative estimate of drug-likeness (QED) is 0.839. The van der Waals surface area contributed by atoms with Gasteiger partial charge in [-0.25, -0.2) is 9.78 Å². The van der Waals surface area contributed by atoms with Crippen molar-refractivity contribution in [3.05, 3.63) is 16.1 Å². The summed E-state index contributed by atoms with van der Waals surface area (Å²) in [5.74, 6) is 0. The third kappa shape index (κ3) is 4.43. The van der Waals surface area contributed by atoms with Gasteiger partial charge in [-0.15, -0.1) is 11.3 Å². The zero-order valence-electron chi connectivity index (χ0n) is 14.2. The Balaban J connectivity index is 2.11. The molecule has 0 bridgehead atoms. The van der Waals surface area contributed by atoms with Crippen LogP contribution in [0.1, 0.15) is 62.9 Å². The fraction of sp³-hybridized carbons (Fsp3) is 0.750. The van der Waals surface area contributed by atoms with Crippen molar-refractivity contribution in [2.75, 3.05) is 6.54 Å². The number of hydrogen-bond acceptors (Lipinski definition) is 5. The van der Waals surface area contributed by atoms with Crippen LogP contribution in [0.4, 0.5) is 4.79 Å². The number of hydrogen-bond donors (Lipinski definition) is 2. The fourth-order valence-corrected chi connectivity index (χ4v) is 3.47. The van der Waals surface area contributed by atoms with E-state index in [4.69, 9.17) is 4.74 Å². The van der Waals surface area contributed by atoms with Crippen LogP contribution in [-0.2, 0) is 4.74 Å². The highest BCUT2D eigenvalue weighted by Gasteiger charge is 2.52. The van der Waals surface area contributed by atoms with Gasteiger partial charge >= 0.3 is 6.09 Å². The van der Waals surface area contributed by atoms with E-state index in [-0.39, 0.29) is 17.7 Å². The average molecular weight is 325 g/mol. The summed E-state index contributed by atoms with van der Waals surface area (Å²) in [6.07, 6.45) is 4.56. The number of aromatic nitrogens is 1. The molecule has 0 saturated heterocycles. The number of rotatable bonds is 6. The van der Waals surface area contributed by atoms with Gasteiger partial charge in [-0.3, -0.25) is 0 Å². The Kier molecular flexibility index (Phi) is 5.12. The number of aryl methyl sites for hydroxylation is 1. The third-order valence-electron chi connectivity index (χ3n) is 3.61. The maximum atomic E-state index is 12.2. The van der Waals surface area contributed by atoms with E-state index in [1.165, 1.54) is 4.88 Å². The lowest BCUT2D eigenvalue weighted by molar-refractivity contribution is 0.0482. The van der Waals surface area contributed by atoms with Crippen molar-refractivity contribution >= 4 is 17.4 Å². The van der Waals surface area contributed by atoms with E-state index >= 15 is 0 Å². The maximum absolute atomic E-state index is 12.2. The molecule has 1 aromatic heterocycles. The predicted molar refractivity (Wildman–Crippen MR) is 89.2 cm³/mol. The van der Waals surface area contributed by atoms with Gasteiger partial charge in [0.15, 0.2) is 0 Å². The largest absolute Gasteiger partial charge is 0.444 e. The van der Waals surface area contributed by atoms with Gasteiger partial charge in [0, 0.05) is 11.1 Å². The van der Waals surface area contributed by atoms with Crippen molar-refractivity contribution in [2.24, 2.45) is 0 Å². The molecule has 22 heavy (non-hydrogen) atoms. The van der Waals surface area contributed by atoms with Gasteiger partial charge in [-0.2, -0.15) is 0 Å². The second-order valence-electron chi connectivity index (χ2n) is 6.95. The standard InChI is InChI=1S/C16H27N3O2S/c1-6-9-17-13(12-10-18-11(2)22-12)16(7-8-16)19-14(20)21-15(3,4)5/h10,13,17H,6-9H2,1-5H3,(H,19,20). The Bertz CT molecular complexity index is 518. The molecule has 1 atom stereocenters. The molecule has 2 rings (SSSR count). The fourth-order valence-electron chi connectivity index (χ4n) is 2.50. The van der Waals surface area contributed by atoms with Gasteiger partial charge < -0.3 is 15.4 Å². The monoisotopic (exact) mass is 325 g/mol. The maximum Gasteiger partial charge on any atom is 0.408 e. The molecular weight excluding hydrogens is 298 g/mol. The smallest absolute Gasteiger partial charge is 0.408 e. The van der Waals surface area contributed by atoms with Crippen molar-refractivity contribution in [3.8, 4) is 0 Å². The van der Waals surface area contributed by atoms with Crippen LogP contribution in [0.15, 0.2) is 6.20 Å². The first-order valence-corrected chi connectivity index (χ1v) is 8.74. The van der Waals surface area contributed by atoms with Crippen LogP contribution in [0.25, 0.3) is 0 Å². The van der Waals surface area contributed by atoms with Crippen molar-refractivity contribution in [3.63, 3.8) is 0 Å². The second-order valence-corrected chi connectivity index (χ2v) is 8.22. The van der Waals surface area contributed by atoms with Crippen LogP contribution >= 0.6 is 11.3 Å². The first kappa shape index (κ1) is 17.2. The van der Waals surface area contributed by atoms with E-state index in [0.717, 1.165) is 30.8 Å². The Morgan fingerprint density at radius 2 is 2.18 bits per heavy atom. The number of alkyl carbamates (subject to hydrolysis) is 1. The molecule has 0 aliphatic heterocycles. The van der Waals surface area contributed by atoms with Crippen molar-refractivity contribution < 1.29 is 9.53 Å². The molecule has 1 amide bonds. The van der Waals surface area contributed by atoms with Crippen LogP contribution < -0.4 is 10.6 Å². The summed E-state index contributed by atoms with van der Waals surface area (Å²) >= 11 is 1.69. The molecule has 0 spiro atoms. The summed E-state index contributed by atoms with van der Waals surface area (Å²) in [7, 11) is 0. The molecule has 1 aromatic rings. The molecule has 6 heteroatoms. The number of amides is 1. The highest BCUT2D eigenvalue weighted by molar-refractivity contribution is 7.11. The number of nitrogens with one attached hydrogen (secondary N) is 2. The molecule has 0 radical (unpaired) electrons. The molecule has 1 unspecified atom stereocenters. The number of carbonyl (C=O) groups is 1. The number of nitrogens with zero attached hydrogens (tertiary/aromatic N) is 1. The molecule has 1 aliphatic rings. The Morgan fingerprint density at radius 3 is 2.64 bits per heavy atom. The van der Waals surface area contributed by atoms with E-state index in [9.17, 15) is 4.79 Å². The Labute approximate surface area is 136 Å². The molecular formula is C16H27N3O2S. The van der Waals surface area contributed by atoms with E-state index < -0.39 is 5.60 Å². The Hall–Kier alpha value is -1.14. The van der Waals surface area contributed by atoms with E-state index in [1.807, 2.05) is 33.9 Å². The molecule has 0 aromatic carbocycles. The van der Waals surface area contributed by atoms with Gasteiger partial charge in [0.05, 0.1) is 16.6 Å². The normalized spacial score (nSPS) is 17.9. The van der Waals surface area contributed by atoms with E-state index in [0.29, 0.717) is 0 Å². The number of thiazole rings is 1. The van der Waals surface area contributed by atoms with Gasteiger partial charge in [-0.05, 0) is 53.5 Å².